The van der Waals surface area contributed by atoms with Gasteiger partial charge in [-0.1, -0.05) is 12.1 Å². The number of carbonyl (C=O) groups is 2. The summed E-state index contributed by atoms with van der Waals surface area (Å²) in [6.07, 6.45) is 4.04. The maximum Gasteiger partial charge on any atom is 0.224 e. The summed E-state index contributed by atoms with van der Waals surface area (Å²) in [6, 6.07) is 15.0. The molecule has 10 heteroatoms. The number of anilines is 2. The predicted molar refractivity (Wildman–Crippen MR) is 181 cm³/mol. The van der Waals surface area contributed by atoms with Gasteiger partial charge in [-0.05, 0) is 86.2 Å². The molecule has 0 saturated carbocycles. The summed E-state index contributed by atoms with van der Waals surface area (Å²) in [4.78, 5) is 38.6. The first-order chi connectivity index (χ1) is 22.2. The number of carbonyl (C=O) groups excluding carboxylic acids is 2. The van der Waals surface area contributed by atoms with Gasteiger partial charge in [0.15, 0.2) is 11.5 Å². The van der Waals surface area contributed by atoms with Crippen molar-refractivity contribution in [2.45, 2.75) is 58.5 Å². The maximum absolute atomic E-state index is 13.5. The van der Waals surface area contributed by atoms with Crippen molar-refractivity contribution >= 4 is 34.1 Å². The number of hydrogen-bond acceptors (Lipinski definition) is 7. The number of nitrogens with zero attached hydrogens (tertiary/aromatic N) is 1. The maximum atomic E-state index is 13.5. The lowest BCUT2D eigenvalue weighted by Crippen LogP contribution is -2.26. The molecule has 1 unspecified atom stereocenters. The van der Waals surface area contributed by atoms with Gasteiger partial charge < -0.3 is 34.7 Å². The van der Waals surface area contributed by atoms with Crippen LogP contribution in [0.5, 0.6) is 17.2 Å². The van der Waals surface area contributed by atoms with E-state index in [0.717, 1.165) is 33.3 Å². The lowest BCUT2D eigenvalue weighted by atomic mass is 9.95. The van der Waals surface area contributed by atoms with Crippen LogP contribution in [-0.4, -0.2) is 44.3 Å². The van der Waals surface area contributed by atoms with E-state index in [-0.39, 0.29) is 29.7 Å². The molecule has 4 aromatic rings. The molecule has 10 nitrogen and oxygen atoms in total. The van der Waals surface area contributed by atoms with Crippen molar-refractivity contribution in [3.63, 3.8) is 0 Å². The van der Waals surface area contributed by atoms with Gasteiger partial charge in [-0.25, -0.2) is 0 Å². The number of benzene rings is 2. The molecule has 242 valence electrons. The summed E-state index contributed by atoms with van der Waals surface area (Å²) in [5.41, 5.74) is 5.24. The van der Waals surface area contributed by atoms with Crippen LogP contribution in [0.3, 0.4) is 0 Å². The van der Waals surface area contributed by atoms with Gasteiger partial charge in [0.2, 0.25) is 23.0 Å². The van der Waals surface area contributed by atoms with Crippen LogP contribution in [0.15, 0.2) is 59.5 Å². The predicted octanol–water partition coefficient (Wildman–Crippen LogP) is 6.23. The van der Waals surface area contributed by atoms with Crippen LogP contribution < -0.4 is 35.6 Å². The minimum atomic E-state index is -0.389. The fraction of sp³-hybridized carbons (Fsp3) is 0.361. The van der Waals surface area contributed by atoms with Crippen molar-refractivity contribution < 1.29 is 23.8 Å². The summed E-state index contributed by atoms with van der Waals surface area (Å²) in [5, 5.41) is 10.3. The Labute approximate surface area is 269 Å². The van der Waals surface area contributed by atoms with Crippen molar-refractivity contribution in [3.8, 4) is 28.4 Å². The zero-order valence-corrected chi connectivity index (χ0v) is 27.3. The SMILES string of the molecule is COc1cc2c(c(OC)c1OC)-c1ccc(NCCCC(=O)Nc3cccc4c3ccn4C(C)C)c(=O)cc1C(NC(C)=O)CC2. The summed E-state index contributed by atoms with van der Waals surface area (Å²) < 4.78 is 19.3. The van der Waals surface area contributed by atoms with E-state index in [1.807, 2.05) is 36.5 Å². The third-order valence-electron chi connectivity index (χ3n) is 8.41. The third kappa shape index (κ3) is 6.51. The van der Waals surface area contributed by atoms with Gasteiger partial charge in [-0.2, -0.15) is 0 Å². The highest BCUT2D eigenvalue weighted by Crippen LogP contribution is 2.50. The number of amides is 2. The summed E-state index contributed by atoms with van der Waals surface area (Å²) >= 11 is 0. The summed E-state index contributed by atoms with van der Waals surface area (Å²) in [7, 11) is 4.70. The van der Waals surface area contributed by atoms with Crippen molar-refractivity contribution in [1.29, 1.82) is 0 Å². The van der Waals surface area contributed by atoms with Crippen LogP contribution in [0.1, 0.15) is 63.2 Å². The Bertz CT molecular complexity index is 1830. The number of methoxy groups -OCH3 is 3. The number of aromatic nitrogens is 1. The van der Waals surface area contributed by atoms with E-state index in [9.17, 15) is 14.4 Å². The standard InChI is InChI=1S/C36H42N4O6/c1-21(2)40-18-16-25-27(9-7-10-30(25)40)39-33(43)11-8-17-37-29-15-13-24-26(20-31(29)42)28(38-22(3)41)14-12-23-19-32(44-4)35(45-5)36(46-6)34(23)24/h7,9-10,13,15-16,18-21,28H,8,11-12,14,17H2,1-6H3,(H,37,42)(H,38,41)(H,39,43). The highest BCUT2D eigenvalue weighted by Gasteiger charge is 2.29. The average molecular weight is 627 g/mol. The summed E-state index contributed by atoms with van der Waals surface area (Å²) in [5.74, 6) is 1.21. The molecule has 0 spiro atoms. The molecule has 5 rings (SSSR count). The molecule has 1 aromatic heterocycles. The molecule has 46 heavy (non-hydrogen) atoms. The Balaban J connectivity index is 1.37. The molecule has 0 radical (unpaired) electrons. The first kappa shape index (κ1) is 32.4. The average Bonchev–Trinajstić information content (AvgIpc) is 3.35. The normalized spacial score (nSPS) is 13.8. The van der Waals surface area contributed by atoms with Crippen LogP contribution in [0, 0.1) is 0 Å². The van der Waals surface area contributed by atoms with Gasteiger partial charge in [-0.15, -0.1) is 0 Å². The molecule has 3 N–H and O–H groups in total. The van der Waals surface area contributed by atoms with E-state index < -0.39 is 0 Å². The van der Waals surface area contributed by atoms with Crippen LogP contribution in [0.4, 0.5) is 11.4 Å². The molecule has 2 amide bonds. The van der Waals surface area contributed by atoms with E-state index in [1.54, 1.807) is 33.5 Å². The van der Waals surface area contributed by atoms with E-state index in [2.05, 4.69) is 40.4 Å². The van der Waals surface area contributed by atoms with Crippen molar-refractivity contribution in [1.82, 2.24) is 9.88 Å². The molecule has 1 aliphatic rings. The zero-order valence-electron chi connectivity index (χ0n) is 27.3. The fourth-order valence-corrected chi connectivity index (χ4v) is 6.29. The van der Waals surface area contributed by atoms with Crippen LogP contribution in [0.25, 0.3) is 22.0 Å². The number of nitrogens with one attached hydrogen (secondary N) is 3. The molecular formula is C36H42N4O6. The molecule has 0 fully saturated rings. The molecule has 0 saturated heterocycles. The van der Waals surface area contributed by atoms with Gasteiger partial charge in [0, 0.05) is 43.1 Å². The molecule has 3 aromatic carbocycles. The fourth-order valence-electron chi connectivity index (χ4n) is 6.29. The number of fused-ring (bicyclic) bond motifs is 4. The second-order valence-electron chi connectivity index (χ2n) is 11.7. The lowest BCUT2D eigenvalue weighted by molar-refractivity contribution is -0.119. The summed E-state index contributed by atoms with van der Waals surface area (Å²) in [6.45, 7) is 6.14. The van der Waals surface area contributed by atoms with Gasteiger partial charge >= 0.3 is 0 Å². The Morgan fingerprint density at radius 3 is 2.46 bits per heavy atom. The van der Waals surface area contributed by atoms with E-state index in [1.165, 1.54) is 6.92 Å². The van der Waals surface area contributed by atoms with Gasteiger partial charge in [0.05, 0.1) is 44.3 Å². The van der Waals surface area contributed by atoms with Gasteiger partial charge in [0.25, 0.3) is 0 Å². The first-order valence-corrected chi connectivity index (χ1v) is 15.6. The highest BCUT2D eigenvalue weighted by atomic mass is 16.5. The second kappa shape index (κ2) is 14.0. The van der Waals surface area contributed by atoms with Crippen LogP contribution in [0.2, 0.25) is 0 Å². The van der Waals surface area contributed by atoms with Crippen molar-refractivity contribution in [2.24, 2.45) is 0 Å². The quantitative estimate of drug-likeness (QED) is 0.169. The van der Waals surface area contributed by atoms with Crippen molar-refractivity contribution in [2.75, 3.05) is 38.5 Å². The largest absolute Gasteiger partial charge is 0.493 e. The molecule has 0 aliphatic heterocycles. The highest BCUT2D eigenvalue weighted by molar-refractivity contribution is 6.01. The van der Waals surface area contributed by atoms with E-state index in [0.29, 0.717) is 60.3 Å². The van der Waals surface area contributed by atoms with Gasteiger partial charge in [0.1, 0.15) is 0 Å². The van der Waals surface area contributed by atoms with Gasteiger partial charge in [-0.3, -0.25) is 14.4 Å². The van der Waals surface area contributed by atoms with E-state index >= 15 is 0 Å². The Morgan fingerprint density at radius 2 is 1.76 bits per heavy atom. The molecule has 0 bridgehead atoms. The molecule has 1 heterocycles. The number of aryl methyl sites for hydroxylation is 1. The van der Waals surface area contributed by atoms with Crippen LogP contribution in [-0.2, 0) is 16.0 Å². The zero-order chi connectivity index (χ0) is 33.0. The first-order valence-electron chi connectivity index (χ1n) is 15.6. The topological polar surface area (TPSA) is 120 Å². The minimum Gasteiger partial charge on any atom is -0.493 e. The molecule has 1 aliphatic carbocycles. The Hall–Kier alpha value is -4.99. The monoisotopic (exact) mass is 626 g/mol. The Kier molecular flexibility index (Phi) is 9.84. The second-order valence-corrected chi connectivity index (χ2v) is 11.7. The smallest absolute Gasteiger partial charge is 0.224 e. The van der Waals surface area contributed by atoms with Crippen molar-refractivity contribution in [3.05, 3.63) is 76.1 Å². The Morgan fingerprint density at radius 1 is 0.978 bits per heavy atom. The molecule has 1 atom stereocenters. The lowest BCUT2D eigenvalue weighted by Gasteiger charge is -2.19. The minimum absolute atomic E-state index is 0.0921. The van der Waals surface area contributed by atoms with Crippen LogP contribution >= 0.6 is 0 Å². The third-order valence-corrected chi connectivity index (χ3v) is 8.41. The number of rotatable bonds is 11. The molecular weight excluding hydrogens is 584 g/mol. The number of hydrogen-bond donors (Lipinski definition) is 3. The number of ether oxygens (including phenoxy) is 3. The van der Waals surface area contributed by atoms with E-state index in [4.69, 9.17) is 14.2 Å².